The van der Waals surface area contributed by atoms with Crippen molar-refractivity contribution in [2.24, 2.45) is 0 Å². The number of likely N-dealkylation sites (tertiary alicyclic amines) is 1. The first-order valence-corrected chi connectivity index (χ1v) is 9.07. The summed E-state index contributed by atoms with van der Waals surface area (Å²) < 4.78 is 11.7. The van der Waals surface area contributed by atoms with Crippen LogP contribution < -0.4 is 10.6 Å². The molecule has 0 radical (unpaired) electrons. The SMILES string of the molecule is CO[C@H]1CN(CC(=O)Nc2ccc(NC(C)=O)cc2)CC[C@]12CCCO2. The first-order valence-electron chi connectivity index (χ1n) is 9.07. The minimum Gasteiger partial charge on any atom is -0.377 e. The Labute approximate surface area is 154 Å². The van der Waals surface area contributed by atoms with Crippen LogP contribution in [0.4, 0.5) is 11.4 Å². The normalized spacial score (nSPS) is 26.0. The van der Waals surface area contributed by atoms with E-state index in [1.54, 1.807) is 31.4 Å². The summed E-state index contributed by atoms with van der Waals surface area (Å²) in [6.07, 6.45) is 3.01. The molecule has 2 fully saturated rings. The summed E-state index contributed by atoms with van der Waals surface area (Å²) in [7, 11) is 1.72. The van der Waals surface area contributed by atoms with Crippen molar-refractivity contribution in [3.05, 3.63) is 24.3 Å². The molecule has 0 unspecified atom stereocenters. The Morgan fingerprint density at radius 2 is 1.92 bits per heavy atom. The summed E-state index contributed by atoms with van der Waals surface area (Å²) in [5.41, 5.74) is 1.25. The van der Waals surface area contributed by atoms with Gasteiger partial charge < -0.3 is 20.1 Å². The van der Waals surface area contributed by atoms with Gasteiger partial charge in [-0.25, -0.2) is 0 Å². The van der Waals surface area contributed by atoms with Crippen LogP contribution in [0.5, 0.6) is 0 Å². The van der Waals surface area contributed by atoms with Gasteiger partial charge >= 0.3 is 0 Å². The fraction of sp³-hybridized carbons (Fsp3) is 0.579. The molecular formula is C19H27N3O4. The second-order valence-corrected chi connectivity index (χ2v) is 7.03. The molecular weight excluding hydrogens is 334 g/mol. The Kier molecular flexibility index (Phi) is 5.90. The van der Waals surface area contributed by atoms with E-state index in [1.807, 2.05) is 0 Å². The third-order valence-electron chi connectivity index (χ3n) is 5.14. The number of amides is 2. The third-order valence-corrected chi connectivity index (χ3v) is 5.14. The molecule has 2 aliphatic rings. The second-order valence-electron chi connectivity index (χ2n) is 7.03. The third kappa shape index (κ3) is 4.41. The predicted molar refractivity (Wildman–Crippen MR) is 99.1 cm³/mol. The quantitative estimate of drug-likeness (QED) is 0.837. The van der Waals surface area contributed by atoms with Gasteiger partial charge in [-0.1, -0.05) is 0 Å². The van der Waals surface area contributed by atoms with Gasteiger partial charge in [0, 0.05) is 45.1 Å². The van der Waals surface area contributed by atoms with Gasteiger partial charge in [-0.05, 0) is 43.5 Å². The summed E-state index contributed by atoms with van der Waals surface area (Å²) in [5, 5.41) is 5.60. The van der Waals surface area contributed by atoms with Gasteiger partial charge in [0.05, 0.1) is 18.2 Å². The van der Waals surface area contributed by atoms with E-state index in [9.17, 15) is 9.59 Å². The lowest BCUT2D eigenvalue weighted by Gasteiger charge is -2.44. The van der Waals surface area contributed by atoms with Crippen LogP contribution in [0.15, 0.2) is 24.3 Å². The van der Waals surface area contributed by atoms with Gasteiger partial charge in [0.1, 0.15) is 0 Å². The molecule has 3 rings (SSSR count). The predicted octanol–water partition coefficient (Wildman–Crippen LogP) is 1.85. The number of rotatable bonds is 5. The number of nitrogens with one attached hydrogen (secondary N) is 2. The van der Waals surface area contributed by atoms with Gasteiger partial charge in [0.25, 0.3) is 0 Å². The minimum absolute atomic E-state index is 0.00323. The number of piperidine rings is 1. The van der Waals surface area contributed by atoms with E-state index in [1.165, 1.54) is 6.92 Å². The number of anilines is 2. The molecule has 1 aromatic carbocycles. The number of hydrogen-bond donors (Lipinski definition) is 2. The molecule has 142 valence electrons. The number of benzene rings is 1. The summed E-state index contributed by atoms with van der Waals surface area (Å²) in [4.78, 5) is 25.5. The van der Waals surface area contributed by atoms with Crippen LogP contribution in [0.1, 0.15) is 26.2 Å². The number of carbonyl (C=O) groups excluding carboxylic acids is 2. The highest BCUT2D eigenvalue weighted by atomic mass is 16.5. The lowest BCUT2D eigenvalue weighted by Crippen LogP contribution is -2.57. The van der Waals surface area contributed by atoms with E-state index in [4.69, 9.17) is 9.47 Å². The molecule has 0 aromatic heterocycles. The van der Waals surface area contributed by atoms with E-state index >= 15 is 0 Å². The number of hydrogen-bond acceptors (Lipinski definition) is 5. The molecule has 0 aliphatic carbocycles. The zero-order chi connectivity index (χ0) is 18.6. The summed E-state index contributed by atoms with van der Waals surface area (Å²) in [5.74, 6) is -0.181. The number of carbonyl (C=O) groups is 2. The van der Waals surface area contributed by atoms with Crippen LogP contribution in [0.25, 0.3) is 0 Å². The molecule has 7 heteroatoms. The van der Waals surface area contributed by atoms with Gasteiger partial charge in [0.15, 0.2) is 0 Å². The zero-order valence-electron chi connectivity index (χ0n) is 15.4. The summed E-state index contributed by atoms with van der Waals surface area (Å²) in [6, 6.07) is 7.08. The molecule has 2 aliphatic heterocycles. The molecule has 2 saturated heterocycles. The number of nitrogens with zero attached hydrogens (tertiary/aromatic N) is 1. The Bertz CT molecular complexity index is 641. The smallest absolute Gasteiger partial charge is 0.238 e. The molecule has 2 heterocycles. The zero-order valence-corrected chi connectivity index (χ0v) is 15.4. The highest BCUT2D eigenvalue weighted by molar-refractivity contribution is 5.93. The van der Waals surface area contributed by atoms with E-state index in [0.717, 1.165) is 32.4 Å². The molecule has 7 nitrogen and oxygen atoms in total. The van der Waals surface area contributed by atoms with Crippen LogP contribution in [0.2, 0.25) is 0 Å². The van der Waals surface area contributed by atoms with E-state index < -0.39 is 0 Å². The highest BCUT2D eigenvalue weighted by Gasteiger charge is 2.46. The van der Waals surface area contributed by atoms with Crippen molar-refractivity contribution in [3.63, 3.8) is 0 Å². The Morgan fingerprint density at radius 3 is 2.50 bits per heavy atom. The van der Waals surface area contributed by atoms with Crippen LogP contribution in [-0.4, -0.2) is 61.8 Å². The van der Waals surface area contributed by atoms with Gasteiger partial charge in [-0.2, -0.15) is 0 Å². The van der Waals surface area contributed by atoms with Gasteiger partial charge in [-0.3, -0.25) is 14.5 Å². The van der Waals surface area contributed by atoms with Crippen LogP contribution in [0.3, 0.4) is 0 Å². The maximum absolute atomic E-state index is 12.4. The number of ether oxygens (including phenoxy) is 2. The monoisotopic (exact) mass is 361 g/mol. The summed E-state index contributed by atoms with van der Waals surface area (Å²) in [6.45, 7) is 4.11. The molecule has 26 heavy (non-hydrogen) atoms. The van der Waals surface area contributed by atoms with E-state index in [2.05, 4.69) is 15.5 Å². The number of methoxy groups -OCH3 is 1. The molecule has 1 spiro atoms. The van der Waals surface area contributed by atoms with Crippen LogP contribution in [0, 0.1) is 0 Å². The molecule has 2 N–H and O–H groups in total. The first-order chi connectivity index (χ1) is 12.5. The van der Waals surface area contributed by atoms with E-state index in [0.29, 0.717) is 24.5 Å². The summed E-state index contributed by atoms with van der Waals surface area (Å²) >= 11 is 0. The van der Waals surface area contributed by atoms with Crippen molar-refractivity contribution in [1.29, 1.82) is 0 Å². The van der Waals surface area contributed by atoms with Crippen LogP contribution >= 0.6 is 0 Å². The molecule has 0 saturated carbocycles. The Hall–Kier alpha value is -1.96. The van der Waals surface area contributed by atoms with Crippen molar-refractivity contribution >= 4 is 23.2 Å². The minimum atomic E-state index is -0.165. The van der Waals surface area contributed by atoms with Crippen molar-refractivity contribution in [2.75, 3.05) is 44.0 Å². The molecule has 2 atom stereocenters. The van der Waals surface area contributed by atoms with Crippen molar-refractivity contribution in [1.82, 2.24) is 4.90 Å². The lowest BCUT2D eigenvalue weighted by atomic mass is 9.86. The molecule has 2 amide bonds. The average molecular weight is 361 g/mol. The highest BCUT2D eigenvalue weighted by Crippen LogP contribution is 2.37. The maximum Gasteiger partial charge on any atom is 0.238 e. The van der Waals surface area contributed by atoms with Crippen molar-refractivity contribution < 1.29 is 19.1 Å². The average Bonchev–Trinajstić information content (AvgIpc) is 3.07. The topological polar surface area (TPSA) is 79.9 Å². The molecule has 0 bridgehead atoms. The fourth-order valence-electron chi connectivity index (χ4n) is 3.85. The Balaban J connectivity index is 1.51. The fourth-order valence-corrected chi connectivity index (χ4v) is 3.85. The van der Waals surface area contributed by atoms with Crippen molar-refractivity contribution in [3.8, 4) is 0 Å². The maximum atomic E-state index is 12.4. The Morgan fingerprint density at radius 1 is 1.23 bits per heavy atom. The van der Waals surface area contributed by atoms with Crippen molar-refractivity contribution in [2.45, 2.75) is 37.9 Å². The molecule has 1 aromatic rings. The first kappa shape index (κ1) is 18.8. The van der Waals surface area contributed by atoms with Gasteiger partial charge in [0.2, 0.25) is 11.8 Å². The standard InChI is InChI=1S/C19H27N3O4/c1-14(23)20-15-4-6-16(7-5-15)21-18(24)13-22-10-9-19(8-3-11-26-19)17(12-22)25-2/h4-7,17H,3,8-13H2,1-2H3,(H,20,23)(H,21,24)/t17-,19+/m0/s1. The van der Waals surface area contributed by atoms with Gasteiger partial charge in [-0.15, -0.1) is 0 Å². The lowest BCUT2D eigenvalue weighted by molar-refractivity contribution is -0.145. The second kappa shape index (κ2) is 8.16. The van der Waals surface area contributed by atoms with Crippen LogP contribution in [-0.2, 0) is 19.1 Å². The van der Waals surface area contributed by atoms with E-state index in [-0.39, 0.29) is 23.5 Å². The largest absolute Gasteiger partial charge is 0.377 e.